The van der Waals surface area contributed by atoms with Crippen LogP contribution in [-0.4, -0.2) is 36.1 Å². The van der Waals surface area contributed by atoms with Crippen molar-refractivity contribution in [2.45, 2.75) is 57.9 Å². The van der Waals surface area contributed by atoms with E-state index in [2.05, 4.69) is 24.0 Å². The monoisotopic (exact) mass is 291 g/mol. The normalized spacial score (nSPS) is 40.0. The minimum Gasteiger partial charge on any atom is -0.465 e. The summed E-state index contributed by atoms with van der Waals surface area (Å²) in [6, 6.07) is 0. The Morgan fingerprint density at radius 2 is 2.00 bits per heavy atom. The first-order valence-corrected chi connectivity index (χ1v) is 8.80. The second-order valence-corrected chi connectivity index (χ2v) is 7.01. The molecule has 1 aliphatic heterocycles. The predicted molar refractivity (Wildman–Crippen MR) is 83.9 cm³/mol. The van der Waals surface area contributed by atoms with E-state index in [1.165, 1.54) is 32.1 Å². The van der Waals surface area contributed by atoms with Gasteiger partial charge in [0.1, 0.15) is 0 Å². The highest BCUT2D eigenvalue weighted by Gasteiger charge is 2.55. The van der Waals surface area contributed by atoms with E-state index in [4.69, 9.17) is 4.74 Å². The van der Waals surface area contributed by atoms with E-state index in [-0.39, 0.29) is 17.4 Å². The summed E-state index contributed by atoms with van der Waals surface area (Å²) < 4.78 is 5.43. The van der Waals surface area contributed by atoms with Crippen LogP contribution >= 0.6 is 0 Å². The van der Waals surface area contributed by atoms with Crippen LogP contribution < -0.4 is 0 Å². The van der Waals surface area contributed by atoms with Crippen LogP contribution in [0.5, 0.6) is 0 Å². The number of allylic oxidation sites excluding steroid dienone is 1. The van der Waals surface area contributed by atoms with Crippen LogP contribution in [0, 0.1) is 17.8 Å². The van der Waals surface area contributed by atoms with Gasteiger partial charge >= 0.3 is 5.97 Å². The highest BCUT2D eigenvalue weighted by atomic mass is 16.5. The van der Waals surface area contributed by atoms with Gasteiger partial charge in [-0.2, -0.15) is 0 Å². The zero-order valence-electron chi connectivity index (χ0n) is 13.5. The van der Waals surface area contributed by atoms with Crippen molar-refractivity contribution in [1.82, 2.24) is 4.90 Å². The maximum absolute atomic E-state index is 12.6. The van der Waals surface area contributed by atoms with Crippen molar-refractivity contribution in [3.8, 4) is 0 Å². The summed E-state index contributed by atoms with van der Waals surface area (Å²) in [5.74, 6) is 1.14. The van der Waals surface area contributed by atoms with Gasteiger partial charge in [0.05, 0.1) is 12.5 Å². The average Bonchev–Trinajstić information content (AvgIpc) is 3.02. The Balaban J connectivity index is 1.99. The molecular weight excluding hydrogens is 262 g/mol. The molecule has 3 nitrogen and oxygen atoms in total. The van der Waals surface area contributed by atoms with Crippen molar-refractivity contribution in [3.05, 3.63) is 12.2 Å². The van der Waals surface area contributed by atoms with E-state index in [0.29, 0.717) is 18.4 Å². The van der Waals surface area contributed by atoms with Crippen LogP contribution in [0.25, 0.3) is 0 Å². The van der Waals surface area contributed by atoms with Crippen molar-refractivity contribution in [2.75, 3.05) is 19.7 Å². The number of hydrogen-bond donors (Lipinski definition) is 0. The first-order chi connectivity index (χ1) is 10.2. The van der Waals surface area contributed by atoms with Crippen LogP contribution in [0.2, 0.25) is 0 Å². The lowest BCUT2D eigenvalue weighted by molar-refractivity contribution is -0.157. The molecule has 3 aliphatic rings. The smallest absolute Gasteiger partial charge is 0.314 e. The third-order valence-corrected chi connectivity index (χ3v) is 6.00. The SMILES string of the molecule is CCOC(=O)C1C=CC(C)C2CCCCC12N1CCCC1. The Labute approximate surface area is 128 Å². The molecule has 0 aromatic heterocycles. The zero-order chi connectivity index (χ0) is 14.9. The number of rotatable bonds is 3. The third kappa shape index (κ3) is 2.44. The van der Waals surface area contributed by atoms with E-state index in [0.717, 1.165) is 19.5 Å². The van der Waals surface area contributed by atoms with Crippen LogP contribution in [0.4, 0.5) is 0 Å². The first kappa shape index (κ1) is 15.1. The zero-order valence-corrected chi connectivity index (χ0v) is 13.5. The Morgan fingerprint density at radius 1 is 1.24 bits per heavy atom. The molecule has 1 saturated carbocycles. The van der Waals surface area contributed by atoms with Crippen LogP contribution in [0.3, 0.4) is 0 Å². The van der Waals surface area contributed by atoms with E-state index in [1.807, 2.05) is 6.92 Å². The van der Waals surface area contributed by atoms with Crippen LogP contribution in [-0.2, 0) is 9.53 Å². The van der Waals surface area contributed by atoms with E-state index in [1.54, 1.807) is 0 Å². The van der Waals surface area contributed by atoms with Gasteiger partial charge in [-0.15, -0.1) is 0 Å². The van der Waals surface area contributed by atoms with E-state index in [9.17, 15) is 4.79 Å². The van der Waals surface area contributed by atoms with Crippen molar-refractivity contribution >= 4 is 5.97 Å². The summed E-state index contributed by atoms with van der Waals surface area (Å²) in [5.41, 5.74) is 0.0369. The molecule has 4 atom stereocenters. The number of ether oxygens (including phenoxy) is 1. The summed E-state index contributed by atoms with van der Waals surface area (Å²) in [6.07, 6.45) is 12.0. The van der Waals surface area contributed by atoms with Gasteiger partial charge in [0.25, 0.3) is 0 Å². The Hall–Kier alpha value is -0.830. The van der Waals surface area contributed by atoms with Gasteiger partial charge in [0, 0.05) is 5.54 Å². The average molecular weight is 291 g/mol. The Kier molecular flexibility index (Phi) is 4.39. The maximum atomic E-state index is 12.6. The minimum absolute atomic E-state index is 0.000509. The molecule has 2 aliphatic carbocycles. The van der Waals surface area contributed by atoms with Gasteiger partial charge in [-0.1, -0.05) is 31.9 Å². The fraction of sp³-hybridized carbons (Fsp3) is 0.833. The summed E-state index contributed by atoms with van der Waals surface area (Å²) >= 11 is 0. The fourth-order valence-corrected chi connectivity index (χ4v) is 5.14. The van der Waals surface area contributed by atoms with Gasteiger partial charge < -0.3 is 4.74 Å². The number of carbonyl (C=O) groups is 1. The van der Waals surface area contributed by atoms with E-state index >= 15 is 0 Å². The van der Waals surface area contributed by atoms with Gasteiger partial charge in [0.15, 0.2) is 0 Å². The molecule has 2 fully saturated rings. The molecule has 0 spiro atoms. The topological polar surface area (TPSA) is 29.5 Å². The molecule has 21 heavy (non-hydrogen) atoms. The summed E-state index contributed by atoms with van der Waals surface area (Å²) in [6.45, 7) is 7.05. The lowest BCUT2D eigenvalue weighted by atomic mass is 9.58. The second kappa shape index (κ2) is 6.12. The number of esters is 1. The molecule has 0 aromatic carbocycles. The molecule has 3 rings (SSSR count). The molecule has 4 unspecified atom stereocenters. The van der Waals surface area contributed by atoms with Gasteiger partial charge in [-0.05, 0) is 57.5 Å². The highest BCUT2D eigenvalue weighted by Crippen LogP contribution is 2.51. The molecule has 1 heterocycles. The lowest BCUT2D eigenvalue weighted by Gasteiger charge is -2.56. The maximum Gasteiger partial charge on any atom is 0.314 e. The molecule has 0 aromatic rings. The molecule has 0 N–H and O–H groups in total. The molecule has 0 amide bonds. The summed E-state index contributed by atoms with van der Waals surface area (Å²) in [5, 5.41) is 0. The predicted octanol–water partition coefficient (Wildman–Crippen LogP) is 3.40. The van der Waals surface area contributed by atoms with Crippen LogP contribution in [0.15, 0.2) is 12.2 Å². The van der Waals surface area contributed by atoms with Crippen molar-refractivity contribution in [2.24, 2.45) is 17.8 Å². The standard InChI is InChI=1S/C18H29NO2/c1-3-21-17(20)16-10-9-14(2)15-8-4-5-11-18(15,16)19-12-6-7-13-19/h9-10,14-16H,3-8,11-13H2,1-2H3. The first-order valence-electron chi connectivity index (χ1n) is 8.80. The number of fused-ring (bicyclic) bond motifs is 1. The van der Waals surface area contributed by atoms with Crippen LogP contribution in [0.1, 0.15) is 52.4 Å². The van der Waals surface area contributed by atoms with Gasteiger partial charge in [-0.25, -0.2) is 0 Å². The summed E-state index contributed by atoms with van der Waals surface area (Å²) in [4.78, 5) is 15.3. The molecular formula is C18H29NO2. The second-order valence-electron chi connectivity index (χ2n) is 7.01. The quantitative estimate of drug-likeness (QED) is 0.589. The Morgan fingerprint density at radius 3 is 2.71 bits per heavy atom. The number of hydrogen-bond acceptors (Lipinski definition) is 3. The highest BCUT2D eigenvalue weighted by molar-refractivity contribution is 5.77. The van der Waals surface area contributed by atoms with Crippen molar-refractivity contribution in [3.63, 3.8) is 0 Å². The minimum atomic E-state index is -0.0583. The van der Waals surface area contributed by atoms with Crippen molar-refractivity contribution < 1.29 is 9.53 Å². The number of nitrogens with zero attached hydrogens (tertiary/aromatic N) is 1. The number of likely N-dealkylation sites (tertiary alicyclic amines) is 1. The molecule has 118 valence electrons. The molecule has 1 saturated heterocycles. The fourth-order valence-electron chi connectivity index (χ4n) is 5.14. The van der Waals surface area contributed by atoms with Crippen molar-refractivity contribution in [1.29, 1.82) is 0 Å². The molecule has 3 heteroatoms. The summed E-state index contributed by atoms with van der Waals surface area (Å²) in [7, 11) is 0. The van der Waals surface area contributed by atoms with Gasteiger partial charge in [0.2, 0.25) is 0 Å². The molecule has 0 bridgehead atoms. The van der Waals surface area contributed by atoms with E-state index < -0.39 is 0 Å². The number of carbonyl (C=O) groups excluding carboxylic acids is 1. The third-order valence-electron chi connectivity index (χ3n) is 6.00. The van der Waals surface area contributed by atoms with Gasteiger partial charge in [-0.3, -0.25) is 9.69 Å². The Bertz CT molecular complexity index is 413. The molecule has 0 radical (unpaired) electrons. The largest absolute Gasteiger partial charge is 0.465 e. The lowest BCUT2D eigenvalue weighted by Crippen LogP contribution is -2.63.